The topological polar surface area (TPSA) is 95.2 Å². The molecule has 1 N–H and O–H groups in total. The molecule has 1 aromatic heterocycles. The molecule has 178 valence electrons. The van der Waals surface area contributed by atoms with Crippen LogP contribution in [0.1, 0.15) is 25.3 Å². The molecular weight excluding hydrogens is 460 g/mol. The van der Waals surface area contributed by atoms with Crippen LogP contribution in [0.25, 0.3) is 21.8 Å². The average molecular weight is 487 g/mol. The van der Waals surface area contributed by atoms with Crippen LogP contribution in [0, 0.1) is 17.2 Å². The lowest BCUT2D eigenvalue weighted by Crippen LogP contribution is -2.41. The molecule has 0 saturated carbocycles. The van der Waals surface area contributed by atoms with Gasteiger partial charge in [-0.05, 0) is 56.2 Å². The van der Waals surface area contributed by atoms with Gasteiger partial charge in [0.05, 0.1) is 10.5 Å². The molecule has 2 heterocycles. The number of benzene rings is 3. The van der Waals surface area contributed by atoms with E-state index >= 15 is 0 Å². The van der Waals surface area contributed by atoms with E-state index in [9.17, 15) is 18.5 Å². The molecule has 0 spiro atoms. The predicted molar refractivity (Wildman–Crippen MR) is 136 cm³/mol. The minimum Gasteiger partial charge on any atom is -0.341 e. The second-order valence-corrected chi connectivity index (χ2v) is 10.7. The first-order valence-electron chi connectivity index (χ1n) is 11.7. The molecule has 8 heteroatoms. The first-order valence-corrected chi connectivity index (χ1v) is 13.2. The lowest BCUT2D eigenvalue weighted by atomic mass is 9.97. The van der Waals surface area contributed by atoms with Crippen molar-refractivity contribution in [2.24, 2.45) is 5.92 Å². The van der Waals surface area contributed by atoms with Gasteiger partial charge in [-0.15, -0.1) is 0 Å². The maximum Gasteiger partial charge on any atom is 0.244 e. The smallest absolute Gasteiger partial charge is 0.244 e. The molecule has 1 saturated heterocycles. The number of para-hydroxylation sites is 1. The third kappa shape index (κ3) is 4.07. The van der Waals surface area contributed by atoms with Gasteiger partial charge in [-0.1, -0.05) is 30.3 Å². The SMILES string of the molecule is CCn1c2ccccc2c2cc(NC(=O)C3CCN(S(=O)(=O)c4ccccc4C#N)CC3)ccc21. The van der Waals surface area contributed by atoms with Crippen molar-refractivity contribution in [2.45, 2.75) is 31.2 Å². The van der Waals surface area contributed by atoms with Crippen LogP contribution < -0.4 is 5.32 Å². The Labute approximate surface area is 204 Å². The Morgan fingerprint density at radius 1 is 1.00 bits per heavy atom. The molecule has 0 bridgehead atoms. The Morgan fingerprint density at radius 3 is 2.43 bits per heavy atom. The molecule has 1 fully saturated rings. The van der Waals surface area contributed by atoms with E-state index in [1.54, 1.807) is 12.1 Å². The third-order valence-electron chi connectivity index (χ3n) is 6.81. The van der Waals surface area contributed by atoms with E-state index in [-0.39, 0.29) is 35.4 Å². The summed E-state index contributed by atoms with van der Waals surface area (Å²) in [5, 5.41) is 14.6. The van der Waals surface area contributed by atoms with Crippen LogP contribution in [0.15, 0.2) is 71.6 Å². The quantitative estimate of drug-likeness (QED) is 0.441. The molecule has 7 nitrogen and oxygen atoms in total. The molecule has 5 rings (SSSR count). The lowest BCUT2D eigenvalue weighted by Gasteiger charge is -2.30. The Kier molecular flexibility index (Phi) is 6.05. The van der Waals surface area contributed by atoms with E-state index in [2.05, 4.69) is 28.9 Å². The number of amides is 1. The van der Waals surface area contributed by atoms with Crippen LogP contribution in [0.4, 0.5) is 5.69 Å². The highest BCUT2D eigenvalue weighted by molar-refractivity contribution is 7.89. The maximum atomic E-state index is 13.1. The fourth-order valence-electron chi connectivity index (χ4n) is 5.00. The minimum absolute atomic E-state index is 0.0185. The lowest BCUT2D eigenvalue weighted by molar-refractivity contribution is -0.120. The summed E-state index contributed by atoms with van der Waals surface area (Å²) in [6, 6.07) is 22.4. The number of sulfonamides is 1. The van der Waals surface area contributed by atoms with Crippen LogP contribution >= 0.6 is 0 Å². The summed E-state index contributed by atoms with van der Waals surface area (Å²) in [5.41, 5.74) is 3.16. The molecule has 1 aliphatic rings. The van der Waals surface area contributed by atoms with Gasteiger partial charge in [0.1, 0.15) is 6.07 Å². The van der Waals surface area contributed by atoms with E-state index in [1.165, 1.54) is 22.0 Å². The first-order chi connectivity index (χ1) is 16.9. The van der Waals surface area contributed by atoms with Crippen LogP contribution in [0.5, 0.6) is 0 Å². The molecule has 3 aromatic carbocycles. The van der Waals surface area contributed by atoms with Crippen molar-refractivity contribution >= 4 is 43.4 Å². The Morgan fingerprint density at radius 2 is 1.69 bits per heavy atom. The van der Waals surface area contributed by atoms with Crippen molar-refractivity contribution in [3.63, 3.8) is 0 Å². The highest BCUT2D eigenvalue weighted by Crippen LogP contribution is 2.32. The summed E-state index contributed by atoms with van der Waals surface area (Å²) < 4.78 is 29.8. The fraction of sp³-hybridized carbons (Fsp3) is 0.259. The molecule has 1 amide bonds. The summed E-state index contributed by atoms with van der Waals surface area (Å²) in [7, 11) is -3.78. The van der Waals surface area contributed by atoms with Gasteiger partial charge in [-0.3, -0.25) is 4.79 Å². The van der Waals surface area contributed by atoms with Crippen molar-refractivity contribution < 1.29 is 13.2 Å². The Balaban J connectivity index is 1.31. The van der Waals surface area contributed by atoms with Gasteiger partial charge in [0.2, 0.25) is 15.9 Å². The number of hydrogen-bond acceptors (Lipinski definition) is 4. The molecular formula is C27H26N4O3S. The molecule has 1 aliphatic heterocycles. The summed E-state index contributed by atoms with van der Waals surface area (Å²) in [6.07, 6.45) is 0.855. The number of nitrogens with zero attached hydrogens (tertiary/aromatic N) is 3. The van der Waals surface area contributed by atoms with E-state index in [0.717, 1.165) is 28.5 Å². The van der Waals surface area contributed by atoms with E-state index in [1.807, 2.05) is 36.4 Å². The number of rotatable bonds is 5. The van der Waals surface area contributed by atoms with E-state index < -0.39 is 10.0 Å². The predicted octanol–water partition coefficient (Wildman–Crippen LogP) is 4.73. The maximum absolute atomic E-state index is 13.1. The average Bonchev–Trinajstić information content (AvgIpc) is 3.21. The number of anilines is 1. The van der Waals surface area contributed by atoms with Crippen LogP contribution in [-0.4, -0.2) is 36.3 Å². The van der Waals surface area contributed by atoms with Crippen molar-refractivity contribution in [3.05, 3.63) is 72.3 Å². The summed E-state index contributed by atoms with van der Waals surface area (Å²) >= 11 is 0. The number of aryl methyl sites for hydroxylation is 1. The molecule has 4 aromatic rings. The Bertz CT molecular complexity index is 1580. The Hall–Kier alpha value is -3.67. The van der Waals surface area contributed by atoms with E-state index in [0.29, 0.717) is 12.8 Å². The summed E-state index contributed by atoms with van der Waals surface area (Å²) in [6.45, 7) is 3.45. The zero-order valence-electron chi connectivity index (χ0n) is 19.4. The van der Waals surface area contributed by atoms with Gasteiger partial charge in [0.25, 0.3) is 0 Å². The largest absolute Gasteiger partial charge is 0.341 e. The molecule has 0 radical (unpaired) electrons. The van der Waals surface area contributed by atoms with Crippen molar-refractivity contribution in [1.29, 1.82) is 5.26 Å². The minimum atomic E-state index is -3.78. The van der Waals surface area contributed by atoms with Gasteiger partial charge < -0.3 is 9.88 Å². The number of aromatic nitrogens is 1. The van der Waals surface area contributed by atoms with Gasteiger partial charge in [0.15, 0.2) is 0 Å². The second-order valence-electron chi connectivity index (χ2n) is 8.77. The number of carbonyl (C=O) groups excluding carboxylic acids is 1. The summed E-state index contributed by atoms with van der Waals surface area (Å²) in [4.78, 5) is 13.0. The van der Waals surface area contributed by atoms with Crippen LogP contribution in [-0.2, 0) is 21.4 Å². The highest BCUT2D eigenvalue weighted by Gasteiger charge is 2.33. The molecule has 0 unspecified atom stereocenters. The number of nitrogens with one attached hydrogen (secondary N) is 1. The number of hydrogen-bond donors (Lipinski definition) is 1. The van der Waals surface area contributed by atoms with Gasteiger partial charge in [-0.2, -0.15) is 9.57 Å². The first kappa shape index (κ1) is 23.1. The second kappa shape index (κ2) is 9.17. The van der Waals surface area contributed by atoms with E-state index in [4.69, 9.17) is 0 Å². The standard InChI is InChI=1S/C27H26N4O3S/c1-2-31-24-9-5-4-8-22(24)23-17-21(11-12-25(23)31)29-27(32)19-13-15-30(16-14-19)35(33,34)26-10-6-3-7-20(26)18-28/h3-12,17,19H,2,13-16H2,1H3,(H,29,32). The zero-order valence-corrected chi connectivity index (χ0v) is 20.3. The van der Waals surface area contributed by atoms with Crippen LogP contribution in [0.3, 0.4) is 0 Å². The van der Waals surface area contributed by atoms with Crippen molar-refractivity contribution in [2.75, 3.05) is 18.4 Å². The van der Waals surface area contributed by atoms with Crippen LogP contribution in [0.2, 0.25) is 0 Å². The van der Waals surface area contributed by atoms with Gasteiger partial charge in [-0.25, -0.2) is 8.42 Å². The van der Waals surface area contributed by atoms with Gasteiger partial charge in [0, 0.05) is 53.0 Å². The number of piperidine rings is 1. The summed E-state index contributed by atoms with van der Waals surface area (Å²) in [5.74, 6) is -0.376. The van der Waals surface area contributed by atoms with Gasteiger partial charge >= 0.3 is 0 Å². The van der Waals surface area contributed by atoms with Crippen molar-refractivity contribution in [3.8, 4) is 6.07 Å². The third-order valence-corrected chi connectivity index (χ3v) is 8.76. The number of carbonyl (C=O) groups is 1. The zero-order chi connectivity index (χ0) is 24.6. The fourth-order valence-corrected chi connectivity index (χ4v) is 6.61. The normalized spacial score (nSPS) is 15.3. The number of nitriles is 1. The van der Waals surface area contributed by atoms with Crippen molar-refractivity contribution in [1.82, 2.24) is 8.87 Å². The monoisotopic (exact) mass is 486 g/mol. The highest BCUT2D eigenvalue weighted by atomic mass is 32.2. The molecule has 0 atom stereocenters. The number of fused-ring (bicyclic) bond motifs is 3. The molecule has 0 aliphatic carbocycles. The molecule has 35 heavy (non-hydrogen) atoms.